The molecule has 88 valence electrons. The minimum Gasteiger partial charge on any atom is -0.468 e. The molecule has 0 saturated carbocycles. The lowest BCUT2D eigenvalue weighted by Gasteiger charge is -2.11. The normalized spacial score (nSPS) is 12.4. The number of methoxy groups -OCH3 is 1. The average molecular weight is 229 g/mol. The Balaban J connectivity index is 2.33. The smallest absolute Gasteiger partial charge is 0.322 e. The van der Waals surface area contributed by atoms with Crippen LogP contribution in [0.4, 0.5) is 0 Å². The molecule has 0 saturated heterocycles. The number of hydrogen-bond acceptors (Lipinski definition) is 3. The zero-order valence-corrected chi connectivity index (χ0v) is 9.72. The molecule has 0 amide bonds. The molecule has 3 nitrogen and oxygen atoms in total. The number of carbonyl (C=O) groups is 1. The third-order valence-corrected chi connectivity index (χ3v) is 2.82. The van der Waals surface area contributed by atoms with Crippen LogP contribution >= 0.6 is 0 Å². The largest absolute Gasteiger partial charge is 0.468 e. The quantitative estimate of drug-likeness (QED) is 0.818. The third-order valence-electron chi connectivity index (χ3n) is 2.82. The van der Waals surface area contributed by atoms with Gasteiger partial charge in [0.25, 0.3) is 0 Å². The van der Waals surface area contributed by atoms with Gasteiger partial charge in [-0.3, -0.25) is 4.79 Å². The SMILES string of the molecule is COC(=O)[C@H](N)Cc1cccc2ccccc12. The summed E-state index contributed by atoms with van der Waals surface area (Å²) in [5.74, 6) is -0.377. The first-order valence-electron chi connectivity index (χ1n) is 5.52. The Morgan fingerprint density at radius 1 is 1.24 bits per heavy atom. The summed E-state index contributed by atoms with van der Waals surface area (Å²) < 4.78 is 4.63. The Bertz CT molecular complexity index is 531. The second kappa shape index (κ2) is 4.97. The molecule has 2 aromatic rings. The maximum absolute atomic E-state index is 11.3. The van der Waals surface area contributed by atoms with Crippen molar-refractivity contribution in [2.75, 3.05) is 7.11 Å². The van der Waals surface area contributed by atoms with E-state index in [1.54, 1.807) is 0 Å². The van der Waals surface area contributed by atoms with E-state index in [1.807, 2.05) is 42.5 Å². The fourth-order valence-electron chi connectivity index (χ4n) is 1.94. The summed E-state index contributed by atoms with van der Waals surface area (Å²) in [6, 6.07) is 13.5. The standard InChI is InChI=1S/C14H15NO2/c1-17-14(16)13(15)9-11-7-4-6-10-5-2-3-8-12(10)11/h2-8,13H,9,15H2,1H3/t13-/m1/s1. The van der Waals surface area contributed by atoms with Crippen LogP contribution in [0.5, 0.6) is 0 Å². The topological polar surface area (TPSA) is 52.3 Å². The Morgan fingerprint density at radius 3 is 2.71 bits per heavy atom. The highest BCUT2D eigenvalue weighted by molar-refractivity contribution is 5.86. The molecular weight excluding hydrogens is 214 g/mol. The molecule has 0 unspecified atom stereocenters. The summed E-state index contributed by atoms with van der Waals surface area (Å²) in [7, 11) is 1.35. The van der Waals surface area contributed by atoms with Crippen molar-refractivity contribution in [3.8, 4) is 0 Å². The van der Waals surface area contributed by atoms with E-state index in [0.717, 1.165) is 16.3 Å². The molecular formula is C14H15NO2. The zero-order valence-electron chi connectivity index (χ0n) is 9.72. The van der Waals surface area contributed by atoms with Crippen molar-refractivity contribution in [1.82, 2.24) is 0 Å². The van der Waals surface area contributed by atoms with Gasteiger partial charge in [-0.2, -0.15) is 0 Å². The van der Waals surface area contributed by atoms with Crippen molar-refractivity contribution < 1.29 is 9.53 Å². The average Bonchev–Trinajstić information content (AvgIpc) is 2.38. The molecule has 1 atom stereocenters. The first kappa shape index (κ1) is 11.6. The van der Waals surface area contributed by atoms with Gasteiger partial charge in [0.05, 0.1) is 7.11 Å². The van der Waals surface area contributed by atoms with Crippen LogP contribution in [-0.2, 0) is 16.0 Å². The molecule has 3 heteroatoms. The Kier molecular flexibility index (Phi) is 3.40. The Hall–Kier alpha value is -1.87. The fourth-order valence-corrected chi connectivity index (χ4v) is 1.94. The van der Waals surface area contributed by atoms with E-state index in [4.69, 9.17) is 5.73 Å². The van der Waals surface area contributed by atoms with E-state index in [1.165, 1.54) is 7.11 Å². The summed E-state index contributed by atoms with van der Waals surface area (Å²) >= 11 is 0. The summed E-state index contributed by atoms with van der Waals surface area (Å²) in [6.07, 6.45) is 0.494. The molecule has 0 bridgehead atoms. The minimum atomic E-state index is -0.606. The van der Waals surface area contributed by atoms with Gasteiger partial charge in [-0.15, -0.1) is 0 Å². The highest BCUT2D eigenvalue weighted by Gasteiger charge is 2.15. The summed E-state index contributed by atoms with van der Waals surface area (Å²) in [5, 5.41) is 2.29. The number of benzene rings is 2. The summed E-state index contributed by atoms with van der Waals surface area (Å²) in [5.41, 5.74) is 6.85. The van der Waals surface area contributed by atoms with Gasteiger partial charge in [0.1, 0.15) is 6.04 Å². The molecule has 0 aliphatic rings. The lowest BCUT2D eigenvalue weighted by Crippen LogP contribution is -2.33. The monoisotopic (exact) mass is 229 g/mol. The van der Waals surface area contributed by atoms with Crippen LogP contribution in [0.3, 0.4) is 0 Å². The zero-order chi connectivity index (χ0) is 12.3. The third kappa shape index (κ3) is 2.45. The molecule has 2 aromatic carbocycles. The van der Waals surface area contributed by atoms with Gasteiger partial charge in [0.2, 0.25) is 0 Å². The maximum Gasteiger partial charge on any atom is 0.322 e. The van der Waals surface area contributed by atoms with E-state index in [-0.39, 0.29) is 5.97 Å². The van der Waals surface area contributed by atoms with E-state index in [2.05, 4.69) is 4.74 Å². The maximum atomic E-state index is 11.3. The molecule has 17 heavy (non-hydrogen) atoms. The number of carbonyl (C=O) groups excluding carboxylic acids is 1. The number of ether oxygens (including phenoxy) is 1. The second-order valence-electron chi connectivity index (χ2n) is 3.97. The van der Waals surface area contributed by atoms with Crippen molar-refractivity contribution in [1.29, 1.82) is 0 Å². The Labute approximate surface area is 100 Å². The van der Waals surface area contributed by atoms with E-state index in [0.29, 0.717) is 6.42 Å². The van der Waals surface area contributed by atoms with E-state index < -0.39 is 6.04 Å². The van der Waals surface area contributed by atoms with Crippen molar-refractivity contribution in [2.45, 2.75) is 12.5 Å². The van der Waals surface area contributed by atoms with Crippen molar-refractivity contribution in [3.63, 3.8) is 0 Å². The van der Waals surface area contributed by atoms with Crippen LogP contribution in [0.15, 0.2) is 42.5 Å². The number of nitrogens with two attached hydrogens (primary N) is 1. The molecule has 0 radical (unpaired) electrons. The molecule has 2 N–H and O–H groups in total. The van der Waals surface area contributed by atoms with Crippen LogP contribution in [0.25, 0.3) is 10.8 Å². The van der Waals surface area contributed by atoms with Crippen LogP contribution in [0.2, 0.25) is 0 Å². The van der Waals surface area contributed by atoms with Crippen molar-refractivity contribution in [2.24, 2.45) is 5.73 Å². The number of esters is 1. The highest BCUT2D eigenvalue weighted by Crippen LogP contribution is 2.19. The van der Waals surface area contributed by atoms with E-state index in [9.17, 15) is 4.79 Å². The molecule has 0 spiro atoms. The van der Waals surface area contributed by atoms with Gasteiger partial charge >= 0.3 is 5.97 Å². The fraction of sp³-hybridized carbons (Fsp3) is 0.214. The second-order valence-corrected chi connectivity index (χ2v) is 3.97. The predicted octanol–water partition coefficient (Wildman–Crippen LogP) is 1.88. The predicted molar refractivity (Wildman–Crippen MR) is 67.6 cm³/mol. The number of fused-ring (bicyclic) bond motifs is 1. The van der Waals surface area contributed by atoms with Crippen LogP contribution in [0, 0.1) is 0 Å². The van der Waals surface area contributed by atoms with Crippen LogP contribution in [0.1, 0.15) is 5.56 Å². The van der Waals surface area contributed by atoms with E-state index >= 15 is 0 Å². The summed E-state index contributed by atoms with van der Waals surface area (Å²) in [4.78, 5) is 11.3. The molecule has 0 heterocycles. The lowest BCUT2D eigenvalue weighted by molar-refractivity contribution is -0.142. The van der Waals surface area contributed by atoms with Crippen LogP contribution < -0.4 is 5.73 Å². The first-order chi connectivity index (χ1) is 8.22. The van der Waals surface area contributed by atoms with Crippen LogP contribution in [-0.4, -0.2) is 19.1 Å². The van der Waals surface area contributed by atoms with Crippen molar-refractivity contribution in [3.05, 3.63) is 48.0 Å². The van der Waals surface area contributed by atoms with Gasteiger partial charge in [-0.25, -0.2) is 0 Å². The molecule has 0 aliphatic heterocycles. The van der Waals surface area contributed by atoms with Gasteiger partial charge in [0, 0.05) is 0 Å². The van der Waals surface area contributed by atoms with Gasteiger partial charge < -0.3 is 10.5 Å². The van der Waals surface area contributed by atoms with Crippen molar-refractivity contribution >= 4 is 16.7 Å². The first-order valence-corrected chi connectivity index (χ1v) is 5.52. The van der Waals surface area contributed by atoms with Gasteiger partial charge in [0.15, 0.2) is 0 Å². The minimum absolute atomic E-state index is 0.377. The highest BCUT2D eigenvalue weighted by atomic mass is 16.5. The van der Waals surface area contributed by atoms with Gasteiger partial charge in [-0.1, -0.05) is 42.5 Å². The Morgan fingerprint density at radius 2 is 1.94 bits per heavy atom. The molecule has 2 rings (SSSR count). The molecule has 0 aromatic heterocycles. The number of hydrogen-bond donors (Lipinski definition) is 1. The summed E-state index contributed by atoms with van der Waals surface area (Å²) in [6.45, 7) is 0. The van der Waals surface area contributed by atoms with Gasteiger partial charge in [-0.05, 0) is 22.8 Å². The molecule has 0 fully saturated rings. The lowest BCUT2D eigenvalue weighted by atomic mass is 9.99. The molecule has 0 aliphatic carbocycles. The number of rotatable bonds is 3.